The minimum absolute atomic E-state index is 0.242. The largest absolute Gasteiger partial charge is 0.379 e. The van der Waals surface area contributed by atoms with E-state index in [1.807, 2.05) is 25.2 Å². The lowest BCUT2D eigenvalue weighted by molar-refractivity contribution is -0.119. The van der Waals surface area contributed by atoms with Gasteiger partial charge in [-0.3, -0.25) is 9.59 Å². The van der Waals surface area contributed by atoms with Crippen molar-refractivity contribution in [2.24, 2.45) is 0 Å². The predicted octanol–water partition coefficient (Wildman–Crippen LogP) is 3.40. The lowest BCUT2D eigenvalue weighted by Crippen LogP contribution is -2.08. The monoisotopic (exact) mass is 308 g/mol. The van der Waals surface area contributed by atoms with Gasteiger partial charge >= 0.3 is 0 Å². The van der Waals surface area contributed by atoms with Crippen molar-refractivity contribution in [2.75, 3.05) is 26.4 Å². The molecule has 0 saturated heterocycles. The number of rotatable bonds is 0. The minimum Gasteiger partial charge on any atom is -0.379 e. The van der Waals surface area contributed by atoms with Crippen LogP contribution in [0.5, 0.6) is 0 Å². The number of carbonyl (C=O) groups excluding carboxylic acids is 2. The molecule has 0 aliphatic carbocycles. The van der Waals surface area contributed by atoms with Crippen LogP contribution in [0.25, 0.3) is 0 Å². The molecule has 0 atom stereocenters. The average molecular weight is 308 g/mol. The number of hydrogen-bond donors (Lipinski definition) is 0. The van der Waals surface area contributed by atoms with Crippen molar-refractivity contribution in [2.45, 2.75) is 51.9 Å². The Labute approximate surface area is 133 Å². The molecule has 0 amide bonds. The fourth-order valence-corrected chi connectivity index (χ4v) is 2.12. The maximum Gasteiger partial charge on any atom is 0.136 e. The Bertz CT molecular complexity index is 396. The second kappa shape index (κ2) is 12.3. The maximum absolute atomic E-state index is 11.7. The molecule has 0 aromatic rings. The lowest BCUT2D eigenvalue weighted by atomic mass is 10.1. The van der Waals surface area contributed by atoms with Gasteiger partial charge < -0.3 is 9.47 Å². The summed E-state index contributed by atoms with van der Waals surface area (Å²) in [4.78, 5) is 23.4. The summed E-state index contributed by atoms with van der Waals surface area (Å²) >= 11 is 0. The molecular formula is C18H28O4. The van der Waals surface area contributed by atoms with Crippen LogP contribution in [0.1, 0.15) is 51.9 Å². The molecule has 0 unspecified atom stereocenters. The highest BCUT2D eigenvalue weighted by molar-refractivity contribution is 5.80. The van der Waals surface area contributed by atoms with E-state index in [0.29, 0.717) is 52.1 Å². The molecular weight excluding hydrogens is 280 g/mol. The van der Waals surface area contributed by atoms with E-state index in [0.717, 1.165) is 19.3 Å². The molecule has 0 saturated carbocycles. The highest BCUT2D eigenvalue weighted by atomic mass is 16.5. The summed E-state index contributed by atoms with van der Waals surface area (Å²) in [5, 5.41) is 0. The van der Waals surface area contributed by atoms with Crippen LogP contribution < -0.4 is 0 Å². The van der Waals surface area contributed by atoms with Crippen LogP contribution in [-0.4, -0.2) is 38.0 Å². The van der Waals surface area contributed by atoms with Crippen LogP contribution >= 0.6 is 0 Å². The highest BCUT2D eigenvalue weighted by Gasteiger charge is 2.02. The summed E-state index contributed by atoms with van der Waals surface area (Å²) in [7, 11) is 0. The topological polar surface area (TPSA) is 52.6 Å². The number of hydrogen-bond acceptors (Lipinski definition) is 4. The smallest absolute Gasteiger partial charge is 0.136 e. The van der Waals surface area contributed by atoms with Crippen LogP contribution in [0.2, 0.25) is 0 Å². The molecule has 0 fully saturated rings. The van der Waals surface area contributed by atoms with Gasteiger partial charge in [0.1, 0.15) is 11.6 Å². The van der Waals surface area contributed by atoms with Gasteiger partial charge in [0.15, 0.2) is 0 Å². The quantitative estimate of drug-likeness (QED) is 0.644. The Hall–Kier alpha value is -1.26. The molecule has 1 aliphatic heterocycles. The number of carbonyl (C=O) groups is 2. The first-order valence-electron chi connectivity index (χ1n) is 8.18. The molecule has 1 aliphatic rings. The first-order valence-corrected chi connectivity index (χ1v) is 8.18. The number of ketones is 2. The summed E-state index contributed by atoms with van der Waals surface area (Å²) in [5.74, 6) is 0.488. The first-order chi connectivity index (χ1) is 10.7. The maximum atomic E-state index is 11.7. The van der Waals surface area contributed by atoms with E-state index in [1.54, 1.807) is 0 Å². The van der Waals surface area contributed by atoms with Crippen LogP contribution in [-0.2, 0) is 19.1 Å². The second-order valence-electron chi connectivity index (χ2n) is 5.64. The van der Waals surface area contributed by atoms with Crippen LogP contribution in [0.15, 0.2) is 23.8 Å². The third-order valence-electron chi connectivity index (χ3n) is 3.49. The molecule has 0 bridgehead atoms. The third-order valence-corrected chi connectivity index (χ3v) is 3.49. The SMILES string of the molecule is CC1=CCC(=O)CCCOCCOCCCC(=O)CC=CC1. The van der Waals surface area contributed by atoms with Crippen LogP contribution in [0, 0.1) is 0 Å². The highest BCUT2D eigenvalue weighted by Crippen LogP contribution is 2.06. The van der Waals surface area contributed by atoms with E-state index < -0.39 is 0 Å². The van der Waals surface area contributed by atoms with Gasteiger partial charge in [0.2, 0.25) is 0 Å². The van der Waals surface area contributed by atoms with Crippen molar-refractivity contribution in [3.63, 3.8) is 0 Å². The molecule has 124 valence electrons. The molecule has 1 rings (SSSR count). The van der Waals surface area contributed by atoms with E-state index in [1.165, 1.54) is 5.57 Å². The molecule has 0 spiro atoms. The van der Waals surface area contributed by atoms with Crippen LogP contribution in [0.3, 0.4) is 0 Å². The van der Waals surface area contributed by atoms with Crippen molar-refractivity contribution >= 4 is 11.6 Å². The van der Waals surface area contributed by atoms with Gasteiger partial charge in [-0.05, 0) is 26.2 Å². The Kier molecular flexibility index (Phi) is 10.5. The minimum atomic E-state index is 0.242. The van der Waals surface area contributed by atoms with Crippen molar-refractivity contribution in [3.05, 3.63) is 23.8 Å². The molecule has 0 N–H and O–H groups in total. The zero-order chi connectivity index (χ0) is 16.0. The normalized spacial score (nSPS) is 21.6. The van der Waals surface area contributed by atoms with E-state index in [4.69, 9.17) is 9.47 Å². The van der Waals surface area contributed by atoms with E-state index in [9.17, 15) is 9.59 Å². The van der Waals surface area contributed by atoms with Crippen molar-refractivity contribution in [1.29, 1.82) is 0 Å². The Morgan fingerprint density at radius 1 is 0.773 bits per heavy atom. The van der Waals surface area contributed by atoms with Gasteiger partial charge in [-0.2, -0.15) is 0 Å². The van der Waals surface area contributed by atoms with Gasteiger partial charge in [-0.25, -0.2) is 0 Å². The fraction of sp³-hybridized carbons (Fsp3) is 0.667. The molecule has 4 nitrogen and oxygen atoms in total. The summed E-state index contributed by atoms with van der Waals surface area (Å²) in [6, 6.07) is 0. The Morgan fingerprint density at radius 2 is 1.32 bits per heavy atom. The van der Waals surface area contributed by atoms with Gasteiger partial charge in [-0.1, -0.05) is 23.8 Å². The summed E-state index contributed by atoms with van der Waals surface area (Å²) < 4.78 is 10.8. The number of allylic oxidation sites excluding steroid dienone is 4. The van der Waals surface area contributed by atoms with Crippen molar-refractivity contribution in [3.8, 4) is 0 Å². The average Bonchev–Trinajstić information content (AvgIpc) is 2.50. The fourth-order valence-electron chi connectivity index (χ4n) is 2.12. The van der Waals surface area contributed by atoms with E-state index in [2.05, 4.69) is 0 Å². The van der Waals surface area contributed by atoms with Crippen molar-refractivity contribution < 1.29 is 19.1 Å². The zero-order valence-electron chi connectivity index (χ0n) is 13.6. The van der Waals surface area contributed by atoms with Gasteiger partial charge in [0, 0.05) is 38.9 Å². The molecule has 4 heteroatoms. The first kappa shape index (κ1) is 18.8. The molecule has 1 heterocycles. The van der Waals surface area contributed by atoms with Gasteiger partial charge in [0.25, 0.3) is 0 Å². The summed E-state index contributed by atoms with van der Waals surface area (Å²) in [6.07, 6.45) is 10.3. The zero-order valence-corrected chi connectivity index (χ0v) is 13.6. The van der Waals surface area contributed by atoms with Crippen LogP contribution in [0.4, 0.5) is 0 Å². The van der Waals surface area contributed by atoms with Gasteiger partial charge in [0.05, 0.1) is 13.2 Å². The predicted molar refractivity (Wildman–Crippen MR) is 86.9 cm³/mol. The standard InChI is InChI=1S/C18H28O4/c1-16-6-2-3-7-17(19)8-4-12-21-14-15-22-13-5-9-18(20)11-10-16/h2-3,10H,4-9,11-15H2,1H3. The molecule has 22 heavy (non-hydrogen) atoms. The summed E-state index contributed by atoms with van der Waals surface area (Å²) in [6.45, 7) is 4.30. The Balaban J connectivity index is 2.41. The number of Topliss-reactive ketones (excluding diaryl/α,β-unsaturated/α-hetero) is 2. The lowest BCUT2D eigenvalue weighted by Gasteiger charge is -2.05. The van der Waals surface area contributed by atoms with Crippen molar-refractivity contribution in [1.82, 2.24) is 0 Å². The third kappa shape index (κ3) is 10.5. The second-order valence-corrected chi connectivity index (χ2v) is 5.64. The molecule has 0 aromatic heterocycles. The summed E-state index contributed by atoms with van der Waals surface area (Å²) in [5.41, 5.74) is 1.17. The molecule has 0 radical (unpaired) electrons. The van der Waals surface area contributed by atoms with E-state index in [-0.39, 0.29) is 11.6 Å². The Morgan fingerprint density at radius 3 is 1.95 bits per heavy atom. The number of ether oxygens (including phenoxy) is 2. The van der Waals surface area contributed by atoms with Gasteiger partial charge in [-0.15, -0.1) is 0 Å². The van der Waals surface area contributed by atoms with E-state index >= 15 is 0 Å². The molecule has 0 aromatic carbocycles.